The molecule has 1 aliphatic heterocycles. The highest BCUT2D eigenvalue weighted by atomic mass is 16.6. The lowest BCUT2D eigenvalue weighted by molar-refractivity contribution is 0.0890. The summed E-state index contributed by atoms with van der Waals surface area (Å²) in [6.07, 6.45) is -0.857. The fraction of sp³-hybridized carbons (Fsp3) is 0.211. The van der Waals surface area contributed by atoms with Gasteiger partial charge in [0.25, 0.3) is 5.91 Å². The van der Waals surface area contributed by atoms with E-state index in [-0.39, 0.29) is 18.2 Å². The molecule has 2 N–H and O–H groups in total. The van der Waals surface area contributed by atoms with Gasteiger partial charge in [-0.3, -0.25) is 4.79 Å². The molecule has 0 fully saturated rings. The van der Waals surface area contributed by atoms with E-state index < -0.39 is 6.10 Å². The molecule has 1 amide bonds. The van der Waals surface area contributed by atoms with Gasteiger partial charge in [-0.2, -0.15) is 0 Å². The Morgan fingerprint density at radius 3 is 2.72 bits per heavy atom. The standard InChI is InChI=1S/C19H17NO5/c21-14(12-5-6-16-17(9-12)24-8-7-23-16)11-20-19(22)18-10-13-3-1-2-4-15(13)25-18/h1-6,9-10,14,21H,7-8,11H2,(H,20,22). The molecule has 0 saturated carbocycles. The molecule has 0 radical (unpaired) electrons. The van der Waals surface area contributed by atoms with Crippen LogP contribution in [0.25, 0.3) is 11.0 Å². The number of ether oxygens (including phenoxy) is 2. The molecule has 25 heavy (non-hydrogen) atoms. The molecule has 1 atom stereocenters. The van der Waals surface area contributed by atoms with Gasteiger partial charge in [0.15, 0.2) is 17.3 Å². The van der Waals surface area contributed by atoms with Crippen molar-refractivity contribution in [2.75, 3.05) is 19.8 Å². The van der Waals surface area contributed by atoms with Crippen LogP contribution in [-0.4, -0.2) is 30.8 Å². The summed E-state index contributed by atoms with van der Waals surface area (Å²) < 4.78 is 16.5. The minimum atomic E-state index is -0.857. The second kappa shape index (κ2) is 6.49. The minimum absolute atomic E-state index is 0.0650. The van der Waals surface area contributed by atoms with Crippen molar-refractivity contribution in [3.63, 3.8) is 0 Å². The number of hydrogen-bond acceptors (Lipinski definition) is 5. The number of carbonyl (C=O) groups excluding carboxylic acids is 1. The first-order chi connectivity index (χ1) is 12.2. The zero-order valence-corrected chi connectivity index (χ0v) is 13.4. The van der Waals surface area contributed by atoms with Gasteiger partial charge in [-0.1, -0.05) is 24.3 Å². The molecule has 2 aromatic carbocycles. The highest BCUT2D eigenvalue weighted by Crippen LogP contribution is 2.32. The number of hydrogen-bond donors (Lipinski definition) is 2. The number of furan rings is 1. The van der Waals surface area contributed by atoms with Gasteiger partial charge in [-0.05, 0) is 29.8 Å². The van der Waals surface area contributed by atoms with Crippen LogP contribution in [0.2, 0.25) is 0 Å². The molecule has 3 aromatic rings. The van der Waals surface area contributed by atoms with E-state index in [1.165, 1.54) is 0 Å². The monoisotopic (exact) mass is 339 g/mol. The summed E-state index contributed by atoms with van der Waals surface area (Å²) in [6.45, 7) is 1.06. The number of aliphatic hydroxyl groups excluding tert-OH is 1. The highest BCUT2D eigenvalue weighted by molar-refractivity contribution is 5.96. The average molecular weight is 339 g/mol. The zero-order chi connectivity index (χ0) is 17.2. The van der Waals surface area contributed by atoms with Crippen LogP contribution in [0.4, 0.5) is 0 Å². The minimum Gasteiger partial charge on any atom is -0.486 e. The van der Waals surface area contributed by atoms with Gasteiger partial charge in [0, 0.05) is 11.9 Å². The first-order valence-corrected chi connectivity index (χ1v) is 8.05. The first kappa shape index (κ1) is 15.5. The Balaban J connectivity index is 1.42. The van der Waals surface area contributed by atoms with Crippen molar-refractivity contribution >= 4 is 16.9 Å². The second-order valence-corrected chi connectivity index (χ2v) is 5.78. The number of carbonyl (C=O) groups is 1. The van der Waals surface area contributed by atoms with Crippen molar-refractivity contribution in [2.45, 2.75) is 6.10 Å². The highest BCUT2D eigenvalue weighted by Gasteiger charge is 2.17. The Bertz CT molecular complexity index is 884. The maximum Gasteiger partial charge on any atom is 0.287 e. The molecular weight excluding hydrogens is 322 g/mol. The van der Waals surface area contributed by atoms with E-state index in [1.54, 1.807) is 30.3 Å². The van der Waals surface area contributed by atoms with Gasteiger partial charge in [0.2, 0.25) is 0 Å². The molecule has 6 heteroatoms. The first-order valence-electron chi connectivity index (χ1n) is 8.05. The van der Waals surface area contributed by atoms with E-state index in [4.69, 9.17) is 13.9 Å². The quantitative estimate of drug-likeness (QED) is 0.764. The predicted octanol–water partition coefficient (Wildman–Crippen LogP) is 2.67. The number of rotatable bonds is 4. The molecule has 1 unspecified atom stereocenters. The second-order valence-electron chi connectivity index (χ2n) is 5.78. The number of fused-ring (bicyclic) bond motifs is 2. The Hall–Kier alpha value is -2.99. The molecule has 0 spiro atoms. The largest absolute Gasteiger partial charge is 0.486 e. The Morgan fingerprint density at radius 2 is 1.88 bits per heavy atom. The van der Waals surface area contributed by atoms with E-state index in [0.717, 1.165) is 5.39 Å². The maximum absolute atomic E-state index is 12.2. The molecule has 6 nitrogen and oxygen atoms in total. The van der Waals surface area contributed by atoms with Gasteiger partial charge in [0.05, 0.1) is 6.10 Å². The van der Waals surface area contributed by atoms with E-state index in [0.29, 0.717) is 35.9 Å². The molecule has 0 bridgehead atoms. The molecule has 2 heterocycles. The lowest BCUT2D eigenvalue weighted by Crippen LogP contribution is -2.28. The number of amides is 1. The third-order valence-corrected chi connectivity index (χ3v) is 4.06. The zero-order valence-electron chi connectivity index (χ0n) is 13.4. The van der Waals surface area contributed by atoms with E-state index in [2.05, 4.69) is 5.32 Å². The van der Waals surface area contributed by atoms with Crippen LogP contribution in [0.1, 0.15) is 22.2 Å². The van der Waals surface area contributed by atoms with Crippen molar-refractivity contribution in [2.24, 2.45) is 0 Å². The Morgan fingerprint density at radius 1 is 1.08 bits per heavy atom. The van der Waals surface area contributed by atoms with Crippen molar-refractivity contribution in [1.29, 1.82) is 0 Å². The summed E-state index contributed by atoms with van der Waals surface area (Å²) in [5, 5.41) is 13.9. The molecule has 128 valence electrons. The smallest absolute Gasteiger partial charge is 0.287 e. The van der Waals surface area contributed by atoms with Crippen LogP contribution >= 0.6 is 0 Å². The van der Waals surface area contributed by atoms with Crippen LogP contribution in [0, 0.1) is 0 Å². The normalized spacial score (nSPS) is 14.3. The molecular formula is C19H17NO5. The number of para-hydroxylation sites is 1. The van der Waals surface area contributed by atoms with Crippen LogP contribution in [0.15, 0.2) is 52.9 Å². The van der Waals surface area contributed by atoms with Crippen molar-refractivity contribution in [3.8, 4) is 11.5 Å². The van der Waals surface area contributed by atoms with Crippen molar-refractivity contribution in [3.05, 3.63) is 59.9 Å². The number of nitrogens with one attached hydrogen (secondary N) is 1. The van der Waals surface area contributed by atoms with E-state index >= 15 is 0 Å². The van der Waals surface area contributed by atoms with Crippen molar-refractivity contribution < 1.29 is 23.8 Å². The SMILES string of the molecule is O=C(NCC(O)c1ccc2c(c1)OCCO2)c1cc2ccccc2o1. The van der Waals surface area contributed by atoms with Crippen LogP contribution in [0.3, 0.4) is 0 Å². The van der Waals surface area contributed by atoms with E-state index in [1.807, 2.05) is 18.2 Å². The summed E-state index contributed by atoms with van der Waals surface area (Å²) >= 11 is 0. The summed E-state index contributed by atoms with van der Waals surface area (Å²) in [5.41, 5.74) is 1.30. The lowest BCUT2D eigenvalue weighted by atomic mass is 10.1. The van der Waals surface area contributed by atoms with Gasteiger partial charge in [-0.15, -0.1) is 0 Å². The third-order valence-electron chi connectivity index (χ3n) is 4.06. The van der Waals surface area contributed by atoms with Gasteiger partial charge < -0.3 is 24.3 Å². The van der Waals surface area contributed by atoms with Crippen LogP contribution < -0.4 is 14.8 Å². The van der Waals surface area contributed by atoms with Crippen LogP contribution in [-0.2, 0) is 0 Å². The summed E-state index contributed by atoms with van der Waals surface area (Å²) in [7, 11) is 0. The Kier molecular flexibility index (Phi) is 4.03. The fourth-order valence-electron chi connectivity index (χ4n) is 2.76. The van der Waals surface area contributed by atoms with Gasteiger partial charge >= 0.3 is 0 Å². The topological polar surface area (TPSA) is 80.9 Å². The number of benzene rings is 2. The van der Waals surface area contributed by atoms with Gasteiger partial charge in [-0.25, -0.2) is 0 Å². The predicted molar refractivity (Wildman–Crippen MR) is 90.9 cm³/mol. The molecule has 0 aliphatic carbocycles. The molecule has 4 rings (SSSR count). The summed E-state index contributed by atoms with van der Waals surface area (Å²) in [5.74, 6) is 1.11. The Labute approximate surface area is 144 Å². The molecule has 1 aliphatic rings. The fourth-order valence-corrected chi connectivity index (χ4v) is 2.76. The third kappa shape index (κ3) is 3.16. The lowest BCUT2D eigenvalue weighted by Gasteiger charge is -2.20. The van der Waals surface area contributed by atoms with Gasteiger partial charge in [0.1, 0.15) is 18.8 Å². The average Bonchev–Trinajstić information content (AvgIpc) is 3.09. The maximum atomic E-state index is 12.2. The summed E-state index contributed by atoms with van der Waals surface area (Å²) in [6, 6.07) is 14.3. The van der Waals surface area contributed by atoms with E-state index in [9.17, 15) is 9.90 Å². The molecule has 0 saturated heterocycles. The summed E-state index contributed by atoms with van der Waals surface area (Å²) in [4.78, 5) is 12.2. The van der Waals surface area contributed by atoms with Crippen molar-refractivity contribution in [1.82, 2.24) is 5.32 Å². The molecule has 1 aromatic heterocycles. The van der Waals surface area contributed by atoms with Crippen LogP contribution in [0.5, 0.6) is 11.5 Å². The number of aliphatic hydroxyl groups is 1.